The third-order valence-electron chi connectivity index (χ3n) is 6.66. The molecule has 2 aliphatic rings. The fraction of sp³-hybridized carbons (Fsp3) is 0.417. The summed E-state index contributed by atoms with van der Waals surface area (Å²) in [6, 6.07) is 15.6. The number of benzene rings is 2. The number of hydrogen-bond acceptors (Lipinski definition) is 6. The molecule has 2 aromatic carbocycles. The Labute approximate surface area is 186 Å². The van der Waals surface area contributed by atoms with Crippen LogP contribution in [-0.4, -0.2) is 39.5 Å². The van der Waals surface area contributed by atoms with Gasteiger partial charge in [-0.1, -0.05) is 55.7 Å². The maximum atomic E-state index is 13.4. The summed E-state index contributed by atoms with van der Waals surface area (Å²) in [6.07, 6.45) is 7.59. The van der Waals surface area contributed by atoms with Gasteiger partial charge in [0.2, 0.25) is 12.7 Å². The molecule has 0 radical (unpaired) electrons. The summed E-state index contributed by atoms with van der Waals surface area (Å²) in [5.41, 5.74) is 2.14. The van der Waals surface area contributed by atoms with Crippen LogP contribution in [0, 0.1) is 0 Å². The molecule has 1 N–H and O–H groups in total. The first-order valence-corrected chi connectivity index (χ1v) is 11.2. The van der Waals surface area contributed by atoms with E-state index in [-0.39, 0.29) is 18.1 Å². The van der Waals surface area contributed by atoms with Gasteiger partial charge in [-0.2, -0.15) is 0 Å². The monoisotopic (exact) mass is 433 g/mol. The molecule has 1 saturated carbocycles. The fourth-order valence-corrected chi connectivity index (χ4v) is 4.85. The van der Waals surface area contributed by atoms with Gasteiger partial charge in [-0.15, -0.1) is 5.10 Å². The molecule has 0 spiro atoms. The van der Waals surface area contributed by atoms with Gasteiger partial charge >= 0.3 is 0 Å². The van der Waals surface area contributed by atoms with Crippen LogP contribution in [0.25, 0.3) is 0 Å². The molecule has 0 bridgehead atoms. The van der Waals surface area contributed by atoms with Crippen LogP contribution in [0.1, 0.15) is 49.3 Å². The van der Waals surface area contributed by atoms with E-state index in [0.717, 1.165) is 42.7 Å². The Morgan fingerprint density at radius 3 is 2.66 bits per heavy atom. The largest absolute Gasteiger partial charge is 0.454 e. The minimum absolute atomic E-state index is 0.0770. The number of carbonyl (C=O) groups is 1. The second-order valence-electron chi connectivity index (χ2n) is 8.62. The molecule has 5 rings (SSSR count). The zero-order valence-corrected chi connectivity index (χ0v) is 17.9. The van der Waals surface area contributed by atoms with Gasteiger partial charge in [-0.05, 0) is 46.5 Å². The summed E-state index contributed by atoms with van der Waals surface area (Å²) >= 11 is 0. The van der Waals surface area contributed by atoms with Gasteiger partial charge in [0.05, 0.1) is 0 Å². The van der Waals surface area contributed by atoms with Crippen LogP contribution in [0.2, 0.25) is 0 Å². The maximum absolute atomic E-state index is 13.4. The lowest BCUT2D eigenvalue weighted by Crippen LogP contribution is -2.45. The topological polar surface area (TPSA) is 91.2 Å². The number of amides is 1. The Hall–Kier alpha value is -3.42. The molecule has 166 valence electrons. The number of tetrazole rings is 1. The minimum atomic E-state index is -0.509. The first-order chi connectivity index (χ1) is 15.7. The van der Waals surface area contributed by atoms with Crippen LogP contribution in [0.5, 0.6) is 11.5 Å². The lowest BCUT2D eigenvalue weighted by molar-refractivity contribution is -0.125. The van der Waals surface area contributed by atoms with Crippen molar-refractivity contribution >= 4 is 5.91 Å². The molecule has 1 amide bonds. The predicted octanol–water partition coefficient (Wildman–Crippen LogP) is 3.20. The summed E-state index contributed by atoms with van der Waals surface area (Å²) in [4.78, 5) is 13.4. The Balaban J connectivity index is 1.36. The normalized spacial score (nSPS) is 17.6. The summed E-state index contributed by atoms with van der Waals surface area (Å²) < 4.78 is 12.6. The van der Waals surface area contributed by atoms with E-state index in [9.17, 15) is 4.79 Å². The van der Waals surface area contributed by atoms with E-state index in [1.54, 1.807) is 0 Å². The van der Waals surface area contributed by atoms with Crippen LogP contribution in [-0.2, 0) is 16.6 Å². The number of carbonyl (C=O) groups excluding carboxylic acids is 1. The van der Waals surface area contributed by atoms with Crippen LogP contribution in [0.3, 0.4) is 0 Å². The molecule has 1 aliphatic carbocycles. The van der Waals surface area contributed by atoms with Gasteiger partial charge in [-0.3, -0.25) is 4.79 Å². The van der Waals surface area contributed by atoms with Crippen molar-refractivity contribution in [3.05, 3.63) is 66.0 Å². The molecule has 1 aromatic heterocycles. The van der Waals surface area contributed by atoms with Crippen LogP contribution < -0.4 is 14.8 Å². The van der Waals surface area contributed by atoms with Gasteiger partial charge in [0.1, 0.15) is 12.4 Å². The molecule has 8 heteroatoms. The molecule has 1 aliphatic heterocycles. The minimum Gasteiger partial charge on any atom is -0.454 e. The summed E-state index contributed by atoms with van der Waals surface area (Å²) in [6.45, 7) is 0.828. The highest BCUT2D eigenvalue weighted by atomic mass is 16.7. The van der Waals surface area contributed by atoms with Crippen molar-refractivity contribution in [2.24, 2.45) is 0 Å². The molecule has 2 heterocycles. The van der Waals surface area contributed by atoms with Crippen molar-refractivity contribution in [1.29, 1.82) is 0 Å². The van der Waals surface area contributed by atoms with Crippen molar-refractivity contribution in [2.75, 3.05) is 13.3 Å². The van der Waals surface area contributed by atoms with E-state index in [1.807, 2.05) is 36.4 Å². The maximum Gasteiger partial charge on any atom is 0.245 e. The SMILES string of the molecule is O=C(NCC1(c2ccc3c(c2)OCO3)CCCCC1)C(Cc1ccccc1)n1cnnn1. The average Bonchev–Trinajstić information content (AvgIpc) is 3.54. The van der Waals surface area contributed by atoms with E-state index in [1.165, 1.54) is 23.0 Å². The quantitative estimate of drug-likeness (QED) is 0.615. The van der Waals surface area contributed by atoms with Gasteiger partial charge in [0.15, 0.2) is 11.5 Å². The lowest BCUT2D eigenvalue weighted by Gasteiger charge is -2.38. The number of fused-ring (bicyclic) bond motifs is 1. The smallest absolute Gasteiger partial charge is 0.245 e. The summed E-state index contributed by atoms with van der Waals surface area (Å²) in [5, 5.41) is 14.7. The van der Waals surface area contributed by atoms with Crippen molar-refractivity contribution < 1.29 is 14.3 Å². The zero-order valence-electron chi connectivity index (χ0n) is 17.9. The molecule has 3 aromatic rings. The van der Waals surface area contributed by atoms with E-state index in [0.29, 0.717) is 13.0 Å². The molecule has 32 heavy (non-hydrogen) atoms. The lowest BCUT2D eigenvalue weighted by atomic mass is 9.69. The van der Waals surface area contributed by atoms with Gasteiger partial charge in [0.25, 0.3) is 0 Å². The van der Waals surface area contributed by atoms with Gasteiger partial charge in [-0.25, -0.2) is 4.68 Å². The number of hydrogen-bond donors (Lipinski definition) is 1. The fourth-order valence-electron chi connectivity index (χ4n) is 4.85. The molecule has 1 unspecified atom stereocenters. The second kappa shape index (κ2) is 8.98. The molecular weight excluding hydrogens is 406 g/mol. The predicted molar refractivity (Wildman–Crippen MR) is 117 cm³/mol. The highest BCUT2D eigenvalue weighted by Gasteiger charge is 2.36. The van der Waals surface area contributed by atoms with Crippen LogP contribution in [0.4, 0.5) is 0 Å². The number of nitrogens with one attached hydrogen (secondary N) is 1. The highest BCUT2D eigenvalue weighted by Crippen LogP contribution is 2.43. The number of rotatable bonds is 7. The van der Waals surface area contributed by atoms with Gasteiger partial charge < -0.3 is 14.8 Å². The first-order valence-electron chi connectivity index (χ1n) is 11.2. The Kier molecular flexibility index (Phi) is 5.75. The molecule has 1 fully saturated rings. The van der Waals surface area contributed by atoms with E-state index >= 15 is 0 Å². The van der Waals surface area contributed by atoms with Crippen LogP contribution in [0.15, 0.2) is 54.9 Å². The zero-order chi connectivity index (χ0) is 21.8. The number of ether oxygens (including phenoxy) is 2. The molecule has 1 atom stereocenters. The average molecular weight is 434 g/mol. The number of nitrogens with zero attached hydrogens (tertiary/aromatic N) is 4. The van der Waals surface area contributed by atoms with Crippen molar-refractivity contribution in [1.82, 2.24) is 25.5 Å². The van der Waals surface area contributed by atoms with Crippen molar-refractivity contribution in [3.8, 4) is 11.5 Å². The third-order valence-corrected chi connectivity index (χ3v) is 6.66. The van der Waals surface area contributed by atoms with E-state index < -0.39 is 6.04 Å². The van der Waals surface area contributed by atoms with Crippen molar-refractivity contribution in [2.45, 2.75) is 50.0 Å². The van der Waals surface area contributed by atoms with Crippen molar-refractivity contribution in [3.63, 3.8) is 0 Å². The summed E-state index contributed by atoms with van der Waals surface area (Å²) in [5.74, 6) is 1.49. The standard InChI is InChI=1S/C24H27N5O3/c30-23(20(29-16-26-27-28-29)13-18-7-3-1-4-8-18)25-15-24(11-5-2-6-12-24)19-9-10-21-22(14-19)32-17-31-21/h1,3-4,7-10,14,16,20H,2,5-6,11-13,15,17H2,(H,25,30). The Morgan fingerprint density at radius 2 is 1.88 bits per heavy atom. The Morgan fingerprint density at radius 1 is 1.06 bits per heavy atom. The Bertz CT molecular complexity index is 1050. The molecule has 0 saturated heterocycles. The molecule has 8 nitrogen and oxygen atoms in total. The third kappa shape index (κ3) is 4.17. The molecular formula is C24H27N5O3. The van der Waals surface area contributed by atoms with E-state index in [2.05, 4.69) is 33.0 Å². The highest BCUT2D eigenvalue weighted by molar-refractivity contribution is 5.80. The van der Waals surface area contributed by atoms with E-state index in [4.69, 9.17) is 9.47 Å². The summed E-state index contributed by atoms with van der Waals surface area (Å²) in [7, 11) is 0. The van der Waals surface area contributed by atoms with Gasteiger partial charge in [0, 0.05) is 18.4 Å². The second-order valence-corrected chi connectivity index (χ2v) is 8.62. The van der Waals surface area contributed by atoms with Crippen LogP contribution >= 0.6 is 0 Å². The number of aromatic nitrogens is 4. The first kappa shape index (κ1) is 20.5.